The Hall–Kier alpha value is -1.26. The Balaban J connectivity index is 1.72. The smallest absolute Gasteiger partial charge is 0.156 e. The number of hydrogen-bond acceptors (Lipinski definition) is 3. The summed E-state index contributed by atoms with van der Waals surface area (Å²) < 4.78 is 0. The number of hydrogen-bond donors (Lipinski definition) is 1. The summed E-state index contributed by atoms with van der Waals surface area (Å²) in [6.07, 6.45) is 2.54. The monoisotopic (exact) mass is 261 g/mol. The molecule has 1 aromatic carbocycles. The second-order valence-electron chi connectivity index (χ2n) is 6.01. The largest absolute Gasteiger partial charge is 0.371 e. The fourth-order valence-corrected chi connectivity index (χ4v) is 3.21. The summed E-state index contributed by atoms with van der Waals surface area (Å²) in [4.78, 5) is 7.22. The van der Waals surface area contributed by atoms with Gasteiger partial charge in [0.05, 0.1) is 0 Å². The molecule has 2 heterocycles. The molecule has 104 valence electrons. The van der Waals surface area contributed by atoms with E-state index in [4.69, 9.17) is 0 Å². The summed E-state index contributed by atoms with van der Waals surface area (Å²) >= 11 is 0. The van der Waals surface area contributed by atoms with E-state index in [0.717, 1.165) is 12.7 Å². The highest BCUT2D eigenvalue weighted by atomic mass is 15.3. The lowest BCUT2D eigenvalue weighted by Gasteiger charge is -2.36. The molecule has 1 aromatic rings. The fourth-order valence-electron chi connectivity index (χ4n) is 3.21. The molecule has 0 aromatic heterocycles. The third-order valence-electron chi connectivity index (χ3n) is 4.57. The molecule has 2 aliphatic rings. The average molecular weight is 261 g/mol. The zero-order chi connectivity index (χ0) is 13.4. The van der Waals surface area contributed by atoms with Crippen LogP contribution in [0.3, 0.4) is 0 Å². The summed E-state index contributed by atoms with van der Waals surface area (Å²) in [6.45, 7) is 3.39. The summed E-state index contributed by atoms with van der Waals surface area (Å²) in [5.41, 5.74) is 4.15. The number of anilines is 2. The molecular formula is C15H25N4+. The van der Waals surface area contributed by atoms with Gasteiger partial charge in [0, 0.05) is 37.9 Å². The normalized spacial score (nSPS) is 20.2. The Morgan fingerprint density at radius 2 is 1.95 bits per heavy atom. The SMILES string of the molecule is CN1C[NH2+]c2ccc(N3CCC(N(C)C)CC3)cc21. The number of fused-ring (bicyclic) bond motifs is 1. The molecule has 19 heavy (non-hydrogen) atoms. The van der Waals surface area contributed by atoms with E-state index in [1.165, 1.54) is 43.0 Å². The number of nitrogens with two attached hydrogens (primary N) is 1. The van der Waals surface area contributed by atoms with E-state index in [9.17, 15) is 0 Å². The Morgan fingerprint density at radius 1 is 1.21 bits per heavy atom. The third kappa shape index (κ3) is 2.42. The van der Waals surface area contributed by atoms with Crippen LogP contribution in [0.4, 0.5) is 17.1 Å². The molecule has 0 aliphatic carbocycles. The van der Waals surface area contributed by atoms with Crippen LogP contribution < -0.4 is 15.1 Å². The van der Waals surface area contributed by atoms with E-state index >= 15 is 0 Å². The molecule has 1 saturated heterocycles. The van der Waals surface area contributed by atoms with Gasteiger partial charge in [-0.3, -0.25) is 5.32 Å². The lowest BCUT2D eigenvalue weighted by atomic mass is 10.0. The van der Waals surface area contributed by atoms with E-state index in [1.807, 2.05) is 0 Å². The highest BCUT2D eigenvalue weighted by Gasteiger charge is 2.24. The van der Waals surface area contributed by atoms with Crippen LogP contribution in [0.5, 0.6) is 0 Å². The Kier molecular flexibility index (Phi) is 3.37. The average Bonchev–Trinajstić information content (AvgIpc) is 2.80. The zero-order valence-corrected chi connectivity index (χ0v) is 12.3. The number of piperidine rings is 1. The first kappa shape index (κ1) is 12.8. The highest BCUT2D eigenvalue weighted by molar-refractivity contribution is 5.71. The van der Waals surface area contributed by atoms with Crippen molar-refractivity contribution in [3.05, 3.63) is 18.2 Å². The Labute approximate surface area is 116 Å². The molecule has 2 aliphatic heterocycles. The van der Waals surface area contributed by atoms with Crippen molar-refractivity contribution >= 4 is 17.1 Å². The lowest BCUT2D eigenvalue weighted by Crippen LogP contribution is -2.77. The molecule has 0 atom stereocenters. The van der Waals surface area contributed by atoms with Crippen LogP contribution in [-0.4, -0.2) is 51.8 Å². The maximum absolute atomic E-state index is 2.53. The lowest BCUT2D eigenvalue weighted by molar-refractivity contribution is -0.560. The van der Waals surface area contributed by atoms with Gasteiger partial charge in [-0.2, -0.15) is 0 Å². The fraction of sp³-hybridized carbons (Fsp3) is 0.600. The second kappa shape index (κ2) is 5.02. The summed E-state index contributed by atoms with van der Waals surface area (Å²) in [6, 6.07) is 7.66. The first-order valence-corrected chi connectivity index (χ1v) is 7.25. The van der Waals surface area contributed by atoms with Gasteiger partial charge in [0.25, 0.3) is 0 Å². The van der Waals surface area contributed by atoms with Crippen LogP contribution in [0.1, 0.15) is 12.8 Å². The number of quaternary nitrogens is 1. The molecule has 4 nitrogen and oxygen atoms in total. The highest BCUT2D eigenvalue weighted by Crippen LogP contribution is 2.31. The van der Waals surface area contributed by atoms with Crippen LogP contribution in [0.15, 0.2) is 18.2 Å². The van der Waals surface area contributed by atoms with Gasteiger partial charge in [-0.25, -0.2) is 0 Å². The molecule has 1 fully saturated rings. The first-order chi connectivity index (χ1) is 9.15. The first-order valence-electron chi connectivity index (χ1n) is 7.25. The predicted octanol–water partition coefficient (Wildman–Crippen LogP) is 0.819. The third-order valence-corrected chi connectivity index (χ3v) is 4.57. The van der Waals surface area contributed by atoms with Crippen molar-refractivity contribution < 1.29 is 5.32 Å². The van der Waals surface area contributed by atoms with E-state index in [0.29, 0.717) is 0 Å². The minimum Gasteiger partial charge on any atom is -0.371 e. The summed E-state index contributed by atoms with van der Waals surface area (Å²) in [5.74, 6) is 0. The van der Waals surface area contributed by atoms with Gasteiger partial charge in [-0.1, -0.05) is 0 Å². The van der Waals surface area contributed by atoms with Crippen molar-refractivity contribution in [2.75, 3.05) is 50.7 Å². The molecule has 2 N–H and O–H groups in total. The summed E-state index contributed by atoms with van der Waals surface area (Å²) in [7, 11) is 6.56. The van der Waals surface area contributed by atoms with Crippen molar-refractivity contribution in [2.24, 2.45) is 0 Å². The van der Waals surface area contributed by atoms with Crippen molar-refractivity contribution in [1.29, 1.82) is 0 Å². The van der Waals surface area contributed by atoms with Crippen molar-refractivity contribution in [2.45, 2.75) is 18.9 Å². The number of nitrogens with zero attached hydrogens (tertiary/aromatic N) is 3. The van der Waals surface area contributed by atoms with Gasteiger partial charge in [0.1, 0.15) is 5.69 Å². The van der Waals surface area contributed by atoms with Crippen LogP contribution in [0.25, 0.3) is 0 Å². The maximum atomic E-state index is 2.53. The molecule has 0 amide bonds. The van der Waals surface area contributed by atoms with Crippen LogP contribution in [-0.2, 0) is 0 Å². The predicted molar refractivity (Wildman–Crippen MR) is 80.2 cm³/mol. The molecule has 4 heteroatoms. The van der Waals surface area contributed by atoms with Crippen LogP contribution >= 0.6 is 0 Å². The standard InChI is InChI=1S/C15H24N4/c1-17(2)12-6-8-19(9-7-12)13-4-5-14-15(10-13)18(3)11-16-14/h4-5,10,12,16H,6-9,11H2,1-3H3/p+1. The van der Waals surface area contributed by atoms with Gasteiger partial charge < -0.3 is 14.7 Å². The molecule has 0 saturated carbocycles. The van der Waals surface area contributed by atoms with E-state index in [2.05, 4.69) is 59.4 Å². The van der Waals surface area contributed by atoms with E-state index in [-0.39, 0.29) is 0 Å². The molecule has 0 spiro atoms. The topological polar surface area (TPSA) is 26.3 Å². The molecule has 0 radical (unpaired) electrons. The van der Waals surface area contributed by atoms with E-state index in [1.54, 1.807) is 0 Å². The van der Waals surface area contributed by atoms with Crippen LogP contribution in [0.2, 0.25) is 0 Å². The minimum atomic E-state index is 0.752. The summed E-state index contributed by atoms with van der Waals surface area (Å²) in [5, 5.41) is 2.30. The number of benzene rings is 1. The van der Waals surface area contributed by atoms with Gasteiger partial charge in [0.2, 0.25) is 0 Å². The van der Waals surface area contributed by atoms with Crippen molar-refractivity contribution in [3.63, 3.8) is 0 Å². The Bertz CT molecular complexity index is 449. The van der Waals surface area contributed by atoms with E-state index < -0.39 is 0 Å². The van der Waals surface area contributed by atoms with Crippen molar-refractivity contribution in [3.8, 4) is 0 Å². The molecule has 3 rings (SSSR count). The number of rotatable bonds is 2. The minimum absolute atomic E-state index is 0.752. The van der Waals surface area contributed by atoms with Gasteiger partial charge in [-0.05, 0) is 39.1 Å². The van der Waals surface area contributed by atoms with Gasteiger partial charge in [0.15, 0.2) is 12.4 Å². The quantitative estimate of drug-likeness (QED) is 0.798. The molecule has 0 bridgehead atoms. The maximum Gasteiger partial charge on any atom is 0.156 e. The molecule has 0 unspecified atom stereocenters. The van der Waals surface area contributed by atoms with Crippen molar-refractivity contribution in [1.82, 2.24) is 4.90 Å². The Morgan fingerprint density at radius 3 is 2.63 bits per heavy atom. The zero-order valence-electron chi connectivity index (χ0n) is 12.3. The molecular weight excluding hydrogens is 236 g/mol. The second-order valence-corrected chi connectivity index (χ2v) is 6.01. The van der Waals surface area contributed by atoms with Gasteiger partial charge >= 0.3 is 0 Å². The van der Waals surface area contributed by atoms with Gasteiger partial charge in [-0.15, -0.1) is 0 Å². The van der Waals surface area contributed by atoms with Crippen LogP contribution in [0, 0.1) is 0 Å².